The molecule has 160 valence electrons. The van der Waals surface area contributed by atoms with Gasteiger partial charge in [-0.25, -0.2) is 4.79 Å². The summed E-state index contributed by atoms with van der Waals surface area (Å²) >= 11 is 0. The highest BCUT2D eigenvalue weighted by molar-refractivity contribution is 6.16. The summed E-state index contributed by atoms with van der Waals surface area (Å²) in [5.41, 5.74) is 2.64. The Kier molecular flexibility index (Phi) is 5.09. The molecule has 2 heterocycles. The van der Waals surface area contributed by atoms with Gasteiger partial charge < -0.3 is 18.8 Å². The van der Waals surface area contributed by atoms with E-state index in [1.165, 1.54) is 0 Å². The molecule has 3 aromatic rings. The zero-order chi connectivity index (χ0) is 22.3. The standard InChI is InChI=1S/C25H25NO5/c1-15-10-17(29-14-22(27)31-25(2,3)4)12-20-23(15)24(28)21(30-20)11-16-13-26(5)19-9-7-6-8-18(16)19/h6-13H,14H2,1-5H3/b21-11-. The second kappa shape index (κ2) is 7.61. The lowest BCUT2D eigenvalue weighted by Crippen LogP contribution is -2.27. The van der Waals surface area contributed by atoms with Crippen molar-refractivity contribution in [2.24, 2.45) is 7.05 Å². The molecule has 6 nitrogen and oxygen atoms in total. The van der Waals surface area contributed by atoms with Crippen LogP contribution in [0.4, 0.5) is 0 Å². The van der Waals surface area contributed by atoms with Crippen LogP contribution in [-0.4, -0.2) is 28.5 Å². The van der Waals surface area contributed by atoms with E-state index in [1.807, 2.05) is 49.0 Å². The van der Waals surface area contributed by atoms with E-state index >= 15 is 0 Å². The van der Waals surface area contributed by atoms with Gasteiger partial charge in [-0.1, -0.05) is 18.2 Å². The Balaban J connectivity index is 1.58. The quantitative estimate of drug-likeness (QED) is 0.448. The molecule has 0 spiro atoms. The van der Waals surface area contributed by atoms with Crippen molar-refractivity contribution in [1.82, 2.24) is 4.57 Å². The van der Waals surface area contributed by atoms with Gasteiger partial charge in [0, 0.05) is 35.8 Å². The van der Waals surface area contributed by atoms with E-state index in [1.54, 1.807) is 39.0 Å². The smallest absolute Gasteiger partial charge is 0.344 e. The number of ether oxygens (including phenoxy) is 3. The number of carbonyl (C=O) groups is 2. The van der Waals surface area contributed by atoms with Crippen molar-refractivity contribution in [3.05, 3.63) is 65.0 Å². The van der Waals surface area contributed by atoms with E-state index in [9.17, 15) is 9.59 Å². The highest BCUT2D eigenvalue weighted by Crippen LogP contribution is 2.38. The first kappa shape index (κ1) is 20.7. The Morgan fingerprint density at radius 3 is 2.68 bits per heavy atom. The Bertz CT molecular complexity index is 1230. The van der Waals surface area contributed by atoms with Gasteiger partial charge in [0.05, 0.1) is 5.56 Å². The number of hydrogen-bond donors (Lipinski definition) is 0. The average Bonchev–Trinajstić information content (AvgIpc) is 3.17. The maximum absolute atomic E-state index is 13.0. The number of carbonyl (C=O) groups excluding carboxylic acids is 2. The molecule has 0 aliphatic carbocycles. The van der Waals surface area contributed by atoms with Crippen LogP contribution in [0.5, 0.6) is 11.5 Å². The van der Waals surface area contributed by atoms with E-state index < -0.39 is 11.6 Å². The first-order chi connectivity index (χ1) is 14.6. The number of benzene rings is 2. The predicted molar refractivity (Wildman–Crippen MR) is 118 cm³/mol. The molecule has 0 saturated heterocycles. The predicted octanol–water partition coefficient (Wildman–Crippen LogP) is 4.82. The number of aromatic nitrogens is 1. The molecule has 31 heavy (non-hydrogen) atoms. The van der Waals surface area contributed by atoms with Crippen LogP contribution in [0.15, 0.2) is 48.4 Å². The van der Waals surface area contributed by atoms with Gasteiger partial charge in [0.15, 0.2) is 12.4 Å². The number of nitrogens with zero attached hydrogens (tertiary/aromatic N) is 1. The number of para-hydroxylation sites is 1. The van der Waals surface area contributed by atoms with Crippen molar-refractivity contribution in [3.63, 3.8) is 0 Å². The molecule has 0 radical (unpaired) electrons. The molecule has 4 rings (SSSR count). The number of allylic oxidation sites excluding steroid dienone is 1. The van der Waals surface area contributed by atoms with Crippen molar-refractivity contribution in [1.29, 1.82) is 0 Å². The molecule has 0 bridgehead atoms. The zero-order valence-electron chi connectivity index (χ0n) is 18.3. The van der Waals surface area contributed by atoms with E-state index in [0.29, 0.717) is 17.1 Å². The lowest BCUT2D eigenvalue weighted by atomic mass is 10.0. The molecule has 1 aliphatic rings. The fourth-order valence-corrected chi connectivity index (χ4v) is 3.70. The fraction of sp³-hybridized carbons (Fsp3) is 0.280. The third kappa shape index (κ3) is 4.19. The Labute approximate surface area is 181 Å². The topological polar surface area (TPSA) is 66.8 Å². The summed E-state index contributed by atoms with van der Waals surface area (Å²) in [5, 5.41) is 1.04. The normalized spacial score (nSPS) is 14.6. The lowest BCUT2D eigenvalue weighted by Gasteiger charge is -2.19. The summed E-state index contributed by atoms with van der Waals surface area (Å²) < 4.78 is 18.8. The van der Waals surface area contributed by atoms with Crippen LogP contribution in [0.1, 0.15) is 42.3 Å². The molecule has 0 atom stereocenters. The zero-order valence-corrected chi connectivity index (χ0v) is 18.3. The summed E-state index contributed by atoms with van der Waals surface area (Å²) in [4.78, 5) is 24.9. The summed E-state index contributed by atoms with van der Waals surface area (Å²) in [6.07, 6.45) is 3.74. The monoisotopic (exact) mass is 419 g/mol. The van der Waals surface area contributed by atoms with Crippen LogP contribution in [-0.2, 0) is 16.6 Å². The number of hydrogen-bond acceptors (Lipinski definition) is 5. The van der Waals surface area contributed by atoms with Crippen molar-refractivity contribution < 1.29 is 23.8 Å². The van der Waals surface area contributed by atoms with Gasteiger partial charge in [0.2, 0.25) is 5.78 Å². The van der Waals surface area contributed by atoms with E-state index in [-0.39, 0.29) is 18.1 Å². The molecule has 2 aromatic carbocycles. The van der Waals surface area contributed by atoms with E-state index in [0.717, 1.165) is 22.0 Å². The summed E-state index contributed by atoms with van der Waals surface area (Å²) in [5.74, 6) is 0.508. The van der Waals surface area contributed by atoms with Gasteiger partial charge in [-0.3, -0.25) is 4.79 Å². The largest absolute Gasteiger partial charge is 0.482 e. The maximum atomic E-state index is 13.0. The number of rotatable bonds is 4. The molecule has 0 unspecified atom stereocenters. The molecule has 0 fully saturated rings. The summed E-state index contributed by atoms with van der Waals surface area (Å²) in [6.45, 7) is 7.00. The van der Waals surface area contributed by atoms with Crippen molar-refractivity contribution in [3.8, 4) is 11.5 Å². The van der Waals surface area contributed by atoms with E-state index in [2.05, 4.69) is 0 Å². The molecule has 6 heteroatoms. The number of aryl methyl sites for hydroxylation is 2. The maximum Gasteiger partial charge on any atom is 0.344 e. The number of Topliss-reactive ketones (excluding diaryl/α,β-unsaturated/α-hetero) is 1. The minimum atomic E-state index is -0.578. The summed E-state index contributed by atoms with van der Waals surface area (Å²) in [6, 6.07) is 11.4. The van der Waals surface area contributed by atoms with Gasteiger partial charge in [-0.2, -0.15) is 0 Å². The van der Waals surface area contributed by atoms with Gasteiger partial charge in [0.1, 0.15) is 17.1 Å². The molecule has 0 amide bonds. The molecular formula is C25H25NO5. The van der Waals surface area contributed by atoms with E-state index in [4.69, 9.17) is 14.2 Å². The fourth-order valence-electron chi connectivity index (χ4n) is 3.70. The minimum absolute atomic E-state index is 0.167. The highest BCUT2D eigenvalue weighted by Gasteiger charge is 2.30. The number of ketones is 1. The van der Waals surface area contributed by atoms with Crippen LogP contribution in [0.25, 0.3) is 17.0 Å². The lowest BCUT2D eigenvalue weighted by molar-refractivity contribution is -0.157. The van der Waals surface area contributed by atoms with Gasteiger partial charge >= 0.3 is 5.97 Å². The van der Waals surface area contributed by atoms with Crippen LogP contribution in [0.3, 0.4) is 0 Å². The average molecular weight is 419 g/mol. The second-order valence-corrected chi connectivity index (χ2v) is 8.64. The first-order valence-corrected chi connectivity index (χ1v) is 10.1. The molecule has 0 saturated carbocycles. The third-order valence-electron chi connectivity index (χ3n) is 4.93. The van der Waals surface area contributed by atoms with Crippen molar-refractivity contribution in [2.75, 3.05) is 6.61 Å². The molecule has 0 N–H and O–H groups in total. The SMILES string of the molecule is Cc1cc(OCC(=O)OC(C)(C)C)cc2c1C(=O)/C(=C/c1cn(C)c3ccccc13)O2. The molecular weight excluding hydrogens is 394 g/mol. The Hall–Kier alpha value is -3.54. The first-order valence-electron chi connectivity index (χ1n) is 10.1. The summed E-state index contributed by atoms with van der Waals surface area (Å²) in [7, 11) is 1.97. The van der Waals surface area contributed by atoms with Gasteiger partial charge in [-0.05, 0) is 51.5 Å². The minimum Gasteiger partial charge on any atom is -0.482 e. The Morgan fingerprint density at radius 2 is 1.94 bits per heavy atom. The van der Waals surface area contributed by atoms with Crippen LogP contribution in [0.2, 0.25) is 0 Å². The molecule has 1 aliphatic heterocycles. The third-order valence-corrected chi connectivity index (χ3v) is 4.93. The number of fused-ring (bicyclic) bond motifs is 2. The van der Waals surface area contributed by atoms with Gasteiger partial charge in [-0.15, -0.1) is 0 Å². The highest BCUT2D eigenvalue weighted by atomic mass is 16.6. The van der Waals surface area contributed by atoms with Crippen molar-refractivity contribution in [2.45, 2.75) is 33.3 Å². The second-order valence-electron chi connectivity index (χ2n) is 8.64. The van der Waals surface area contributed by atoms with Crippen LogP contribution < -0.4 is 9.47 Å². The van der Waals surface area contributed by atoms with Gasteiger partial charge in [0.25, 0.3) is 0 Å². The van der Waals surface area contributed by atoms with Crippen LogP contribution >= 0.6 is 0 Å². The Morgan fingerprint density at radius 1 is 1.19 bits per heavy atom. The molecule has 1 aromatic heterocycles. The van der Waals surface area contributed by atoms with Crippen LogP contribution in [0, 0.1) is 6.92 Å². The van der Waals surface area contributed by atoms with Crippen molar-refractivity contribution >= 4 is 28.7 Å². The number of esters is 1.